The molecule has 0 radical (unpaired) electrons. The molecule has 135 heavy (non-hydrogen) atoms. The minimum atomic E-state index is -0.481. The lowest BCUT2D eigenvalue weighted by Gasteiger charge is -2.32. The van der Waals surface area contributed by atoms with Crippen molar-refractivity contribution < 1.29 is 89.3 Å². The van der Waals surface area contributed by atoms with Crippen LogP contribution in [-0.4, -0.2) is 217 Å². The molecule has 15 rings (SSSR count). The number of ether oxygens (including phenoxy) is 10. The number of fused-ring (bicyclic) bond motifs is 3. The summed E-state index contributed by atoms with van der Waals surface area (Å²) >= 11 is 0. The topological polar surface area (TPSA) is 271 Å². The maximum atomic E-state index is 14.4. The second-order valence-electron chi connectivity index (χ2n) is 34.3. The molecule has 6 aromatic carbocycles. The van der Waals surface area contributed by atoms with Crippen molar-refractivity contribution in [1.29, 1.82) is 0 Å². The summed E-state index contributed by atoms with van der Waals surface area (Å²) in [6.45, 7) is 14.3. The highest BCUT2D eigenvalue weighted by Gasteiger charge is 2.33. The number of likely N-dealkylation sites (N-methyl/N-ethyl adjacent to an activating group) is 2. The second-order valence-corrected chi connectivity index (χ2v) is 34.3. The van der Waals surface area contributed by atoms with E-state index in [1.165, 1.54) is 85.5 Å². The number of esters is 1. The van der Waals surface area contributed by atoms with E-state index in [1.54, 1.807) is 35.2 Å². The van der Waals surface area contributed by atoms with Crippen molar-refractivity contribution in [2.75, 3.05) is 142 Å². The Balaban J connectivity index is 0.000000172. The number of hydrogen-bond acceptors (Lipinski definition) is 19. The van der Waals surface area contributed by atoms with Crippen LogP contribution in [0.4, 0.5) is 13.2 Å². The molecule has 3 fully saturated rings. The summed E-state index contributed by atoms with van der Waals surface area (Å²) in [6.07, 6.45) is 17.4. The van der Waals surface area contributed by atoms with Gasteiger partial charge in [0.15, 0.2) is 54.3 Å². The fourth-order valence-corrected chi connectivity index (χ4v) is 17.6. The maximum Gasteiger partial charge on any atom is 0.344 e. The zero-order chi connectivity index (χ0) is 96.1. The van der Waals surface area contributed by atoms with Crippen LogP contribution in [0.5, 0.6) is 51.7 Å². The van der Waals surface area contributed by atoms with Crippen molar-refractivity contribution in [1.82, 2.24) is 54.6 Å². The van der Waals surface area contributed by atoms with Gasteiger partial charge in [0.1, 0.15) is 24.1 Å². The lowest BCUT2D eigenvalue weighted by atomic mass is 9.95. The third kappa shape index (κ3) is 25.0. The van der Waals surface area contributed by atoms with Gasteiger partial charge in [-0.25, -0.2) is 18.0 Å². The van der Waals surface area contributed by atoms with Crippen molar-refractivity contribution in [2.24, 2.45) is 21.1 Å². The van der Waals surface area contributed by atoms with Gasteiger partial charge in [0.25, 0.3) is 11.8 Å². The molecular weight excluding hydrogens is 1730 g/mol. The second kappa shape index (κ2) is 46.3. The summed E-state index contributed by atoms with van der Waals surface area (Å²) in [5.41, 5.74) is 17.4. The Morgan fingerprint density at radius 2 is 0.726 bits per heavy atom. The molecule has 4 aliphatic carbocycles. The van der Waals surface area contributed by atoms with Crippen LogP contribution in [0.1, 0.15) is 139 Å². The molecular formula is C105H122F3N11O16. The zero-order valence-electron chi connectivity index (χ0n) is 79.4. The number of piperazine rings is 2. The van der Waals surface area contributed by atoms with E-state index in [-0.39, 0.29) is 97.9 Å². The van der Waals surface area contributed by atoms with Gasteiger partial charge < -0.3 is 97.0 Å². The third-order valence-electron chi connectivity index (χ3n) is 25.4. The first-order valence-electron chi connectivity index (χ1n) is 45.4. The molecule has 0 unspecified atom stereocenters. The third-order valence-corrected chi connectivity index (χ3v) is 25.4. The van der Waals surface area contributed by atoms with Crippen LogP contribution in [0.25, 0.3) is 51.7 Å². The van der Waals surface area contributed by atoms with E-state index in [1.807, 2.05) is 160 Å². The Kier molecular flexibility index (Phi) is 33.9. The normalized spacial score (nSPS) is 15.8. The average molecular weight is 1850 g/mol. The molecule has 6 aliphatic rings. The Bertz CT molecular complexity index is 5960. The molecule has 0 spiro atoms. The van der Waals surface area contributed by atoms with E-state index >= 15 is 0 Å². The fraction of sp³-hybridized carbons (Fsp3) is 0.371. The maximum absolute atomic E-state index is 14.4. The van der Waals surface area contributed by atoms with E-state index in [9.17, 15) is 41.9 Å². The molecule has 3 aromatic heterocycles. The molecule has 9 aromatic rings. The number of allylic oxidation sites excluding steroid dienone is 6. The predicted octanol–water partition coefficient (Wildman–Crippen LogP) is 14.8. The quantitative estimate of drug-likeness (QED) is 0.0273. The van der Waals surface area contributed by atoms with Crippen molar-refractivity contribution >= 4 is 87.2 Å². The van der Waals surface area contributed by atoms with Crippen LogP contribution in [0.15, 0.2) is 163 Å². The molecule has 4 N–H and O–H groups in total. The van der Waals surface area contributed by atoms with Crippen LogP contribution < -0.4 is 63.9 Å². The van der Waals surface area contributed by atoms with Crippen LogP contribution in [0, 0.1) is 17.5 Å². The first-order valence-corrected chi connectivity index (χ1v) is 45.4. The summed E-state index contributed by atoms with van der Waals surface area (Å²) < 4.78 is 106. The predicted molar refractivity (Wildman–Crippen MR) is 515 cm³/mol. The van der Waals surface area contributed by atoms with Crippen molar-refractivity contribution in [2.45, 2.75) is 97.8 Å². The molecule has 27 nitrogen and oxygen atoms in total. The number of methoxy groups -OCH3 is 6. The van der Waals surface area contributed by atoms with Gasteiger partial charge in [0.2, 0.25) is 35.0 Å². The Morgan fingerprint density at radius 1 is 0.393 bits per heavy atom. The van der Waals surface area contributed by atoms with Gasteiger partial charge in [-0.15, -0.1) is 0 Å². The fourth-order valence-electron chi connectivity index (χ4n) is 17.6. The number of benzene rings is 6. The highest BCUT2D eigenvalue weighted by atomic mass is 19.1. The average Bonchev–Trinajstić information content (AvgIpc) is 1.63. The summed E-state index contributed by atoms with van der Waals surface area (Å²) in [6, 6.07) is 36.6. The standard InChI is InChI=1S/C36H43FN4O6.C35H40FN3O5.C34H39FN4O5/c1-24-29(28-9-8-26(37)20-31(28)30(24)21-34(42)38-22-27-7-6-10-40(27)3)17-25-18-32(44-4)36(33(19-25)45-5)47-23-35(43)46-16-15-41-13-11-39(2)12-14-41;1-22-28(27-13-12-24(36)18-30(27)29(22)19-33(40)37-20-26-11-8-14-39(26)2)15-23-16-31(42-3)35(32(17-23)43-4)44-21-34(41)38-25-9-6-5-7-10-25;1-22-27(26-9-8-24(35)18-29(26)28(22)19-32(40)36-20-25-7-6-10-38(25)3)15-23-16-30(42-4)34(31(17-23)43-5)44-21-33(41)39-13-11-37(2)12-14-39/h6-10,17-20H,11-16,21-23H2,1-5H3,(H,38,42);8,11-18,25H,5-7,9-10,19-21H2,1-4H3,(H,37,40)(H,38,41);6-10,15-18H,11-14,19-21H2,1-5H3,(H,36,40)/b29-17-;28-15-;27-15-. The van der Waals surface area contributed by atoms with Gasteiger partial charge in [-0.3, -0.25) is 28.9 Å². The zero-order valence-corrected chi connectivity index (χ0v) is 79.4. The highest BCUT2D eigenvalue weighted by Crippen LogP contribution is 2.50. The van der Waals surface area contributed by atoms with Crippen LogP contribution in [0.2, 0.25) is 0 Å². The number of aromatic nitrogens is 3. The molecule has 5 amide bonds. The van der Waals surface area contributed by atoms with Crippen molar-refractivity contribution in [3.05, 3.63) is 247 Å². The number of carbonyl (C=O) groups is 6. The summed E-state index contributed by atoms with van der Waals surface area (Å²) in [7, 11) is 19.1. The first-order chi connectivity index (χ1) is 65.1. The van der Waals surface area contributed by atoms with E-state index in [0.717, 1.165) is 166 Å². The van der Waals surface area contributed by atoms with E-state index in [4.69, 9.17) is 47.4 Å². The SMILES string of the molecule is COc1cc(/C=C2/C(C)=C(CC(=O)NCc3cccn3C)c3cc(F)ccc32)cc(OC)c1OCC(=O)N1CCN(C)CC1.COc1cc(/C=C2/C(C)=C(CC(=O)NCc3cccn3C)c3cc(F)ccc32)cc(OC)c1OCC(=O)NC1CCCCC1.COc1cc(/C=C2/C(C)=C(CC(=O)NCc3cccn3C)c3cc(F)ccc32)cc(OC)c1OCC(=O)OCCN1CCN(C)CC1. The number of nitrogens with one attached hydrogen (secondary N) is 4. The van der Waals surface area contributed by atoms with Crippen LogP contribution >= 0.6 is 0 Å². The van der Waals surface area contributed by atoms with E-state index < -0.39 is 5.97 Å². The van der Waals surface area contributed by atoms with Crippen LogP contribution in [0.3, 0.4) is 0 Å². The number of aryl methyl sites for hydroxylation is 3. The Labute approximate surface area is 787 Å². The first kappa shape index (κ1) is 98.8. The van der Waals surface area contributed by atoms with Gasteiger partial charge >= 0.3 is 5.97 Å². The molecule has 0 bridgehead atoms. The molecule has 5 heterocycles. The molecule has 714 valence electrons. The number of hydrogen-bond donors (Lipinski definition) is 4. The van der Waals surface area contributed by atoms with E-state index in [2.05, 4.69) is 43.0 Å². The lowest BCUT2D eigenvalue weighted by Crippen LogP contribution is -2.48. The number of rotatable bonds is 34. The number of carbonyl (C=O) groups excluding carboxylic acids is 6. The van der Waals surface area contributed by atoms with Crippen molar-refractivity contribution in [3.63, 3.8) is 0 Å². The van der Waals surface area contributed by atoms with Crippen molar-refractivity contribution in [3.8, 4) is 51.7 Å². The summed E-state index contributed by atoms with van der Waals surface area (Å²) in [5, 5.41) is 12.0. The van der Waals surface area contributed by atoms with Crippen LogP contribution in [-0.2, 0) is 74.3 Å². The largest absolute Gasteiger partial charge is 0.493 e. The highest BCUT2D eigenvalue weighted by molar-refractivity contribution is 6.11. The Hall–Kier alpha value is -13.7. The Morgan fingerprint density at radius 3 is 1.06 bits per heavy atom. The molecule has 2 aliphatic heterocycles. The monoisotopic (exact) mass is 1850 g/mol. The summed E-state index contributed by atoms with van der Waals surface area (Å²) in [4.78, 5) is 85.4. The molecule has 2 saturated heterocycles. The van der Waals surface area contributed by atoms with Gasteiger partial charge in [-0.2, -0.15) is 0 Å². The van der Waals surface area contributed by atoms with Gasteiger partial charge in [-0.05, 0) is 275 Å². The number of amides is 5. The van der Waals surface area contributed by atoms with E-state index in [0.29, 0.717) is 109 Å². The van der Waals surface area contributed by atoms with Gasteiger partial charge in [0, 0.05) is 122 Å². The molecule has 0 atom stereocenters. The minimum Gasteiger partial charge on any atom is -0.493 e. The van der Waals surface area contributed by atoms with Gasteiger partial charge in [-0.1, -0.05) is 37.5 Å². The lowest BCUT2D eigenvalue weighted by molar-refractivity contribution is -0.146. The number of halogens is 3. The smallest absolute Gasteiger partial charge is 0.344 e. The molecule has 30 heteroatoms. The molecule has 1 saturated carbocycles. The minimum absolute atomic E-state index is 0.0934. The summed E-state index contributed by atoms with van der Waals surface area (Å²) in [5.74, 6) is 1.09. The number of nitrogens with zero attached hydrogens (tertiary/aromatic N) is 7. The van der Waals surface area contributed by atoms with Gasteiger partial charge in [0.05, 0.1) is 81.6 Å².